The second kappa shape index (κ2) is 7.19. The van der Waals surface area contributed by atoms with Gasteiger partial charge < -0.3 is 18.8 Å². The average Bonchev–Trinajstić information content (AvgIpc) is 3.08. The largest absolute Gasteiger partial charge is 0.508 e. The normalized spacial score (nSPS) is 11.2. The lowest BCUT2D eigenvalue weighted by atomic mass is 10.0. The first-order chi connectivity index (χ1) is 13.5. The van der Waals surface area contributed by atoms with Crippen LogP contribution >= 0.6 is 0 Å². The molecule has 4 rings (SSSR count). The standard InChI is InChI=1S/C21H17NO6/c1-2-12-7-15-13(8-21(25)27-19(15)10-17(12)23)11-26-20(24)9-16-14-5-3-4-6-18(14)28-22-16/h3-8,10,23H,2,9,11H2,1H3. The van der Waals surface area contributed by atoms with Crippen molar-refractivity contribution in [1.82, 2.24) is 5.16 Å². The van der Waals surface area contributed by atoms with E-state index in [4.69, 9.17) is 13.7 Å². The van der Waals surface area contributed by atoms with Gasteiger partial charge in [0.05, 0.1) is 6.42 Å². The fourth-order valence-electron chi connectivity index (χ4n) is 3.12. The monoisotopic (exact) mass is 379 g/mol. The van der Waals surface area contributed by atoms with E-state index < -0.39 is 11.6 Å². The smallest absolute Gasteiger partial charge is 0.336 e. The van der Waals surface area contributed by atoms with Crippen LogP contribution < -0.4 is 5.63 Å². The lowest BCUT2D eigenvalue weighted by Gasteiger charge is -2.09. The van der Waals surface area contributed by atoms with Gasteiger partial charge in [0, 0.05) is 28.5 Å². The van der Waals surface area contributed by atoms with Gasteiger partial charge in [-0.15, -0.1) is 0 Å². The number of phenols is 1. The Balaban J connectivity index is 1.56. The van der Waals surface area contributed by atoms with Gasteiger partial charge in [0.15, 0.2) is 5.58 Å². The Morgan fingerprint density at radius 3 is 2.75 bits per heavy atom. The van der Waals surface area contributed by atoms with Crippen LogP contribution in [-0.2, 0) is 29.0 Å². The zero-order chi connectivity index (χ0) is 19.7. The summed E-state index contributed by atoms with van der Waals surface area (Å²) < 4.78 is 15.7. The van der Waals surface area contributed by atoms with Crippen LogP contribution in [-0.4, -0.2) is 16.2 Å². The third-order valence-electron chi connectivity index (χ3n) is 4.56. The molecule has 0 aliphatic rings. The molecule has 0 aliphatic heterocycles. The van der Waals surface area contributed by atoms with E-state index in [-0.39, 0.29) is 24.4 Å². The maximum absolute atomic E-state index is 12.3. The third kappa shape index (κ3) is 3.34. The van der Waals surface area contributed by atoms with Gasteiger partial charge in [-0.05, 0) is 30.2 Å². The summed E-state index contributed by atoms with van der Waals surface area (Å²) in [4.78, 5) is 24.1. The number of rotatable bonds is 5. The molecule has 0 radical (unpaired) electrons. The third-order valence-corrected chi connectivity index (χ3v) is 4.56. The summed E-state index contributed by atoms with van der Waals surface area (Å²) in [6, 6.07) is 11.7. The maximum Gasteiger partial charge on any atom is 0.336 e. The molecule has 0 fully saturated rings. The zero-order valence-electron chi connectivity index (χ0n) is 15.1. The topological polar surface area (TPSA) is 103 Å². The highest BCUT2D eigenvalue weighted by molar-refractivity contribution is 5.85. The molecule has 1 N–H and O–H groups in total. The first-order valence-electron chi connectivity index (χ1n) is 8.82. The van der Waals surface area contributed by atoms with E-state index in [1.807, 2.05) is 25.1 Å². The molecule has 0 saturated carbocycles. The summed E-state index contributed by atoms with van der Waals surface area (Å²) in [5.41, 5.74) is 1.99. The van der Waals surface area contributed by atoms with Crippen molar-refractivity contribution in [3.63, 3.8) is 0 Å². The number of para-hydroxylation sites is 1. The Morgan fingerprint density at radius 1 is 1.11 bits per heavy atom. The number of ether oxygens (including phenoxy) is 1. The number of hydrogen-bond acceptors (Lipinski definition) is 7. The van der Waals surface area contributed by atoms with Crippen molar-refractivity contribution in [3.8, 4) is 5.75 Å². The molecule has 4 aromatic rings. The van der Waals surface area contributed by atoms with Gasteiger partial charge in [0.1, 0.15) is 23.6 Å². The van der Waals surface area contributed by atoms with E-state index in [0.29, 0.717) is 34.2 Å². The molecule has 2 aromatic heterocycles. The number of benzene rings is 2. The molecule has 142 valence electrons. The minimum absolute atomic E-state index is 0.0443. The van der Waals surface area contributed by atoms with Crippen LogP contribution in [0.3, 0.4) is 0 Å². The number of phenolic OH excluding ortho intramolecular Hbond substituents is 1. The number of carbonyl (C=O) groups excluding carboxylic acids is 1. The molecule has 28 heavy (non-hydrogen) atoms. The first kappa shape index (κ1) is 17.8. The molecule has 0 aliphatic carbocycles. The number of carbonyl (C=O) groups is 1. The summed E-state index contributed by atoms with van der Waals surface area (Å²) in [7, 11) is 0. The van der Waals surface area contributed by atoms with Crippen molar-refractivity contribution in [1.29, 1.82) is 0 Å². The fraction of sp³-hybridized carbons (Fsp3) is 0.190. The van der Waals surface area contributed by atoms with E-state index in [1.165, 1.54) is 12.1 Å². The Hall–Kier alpha value is -3.61. The molecule has 7 heteroatoms. The summed E-state index contributed by atoms with van der Waals surface area (Å²) in [6.07, 6.45) is 0.566. The Labute approximate surface area is 159 Å². The lowest BCUT2D eigenvalue weighted by Crippen LogP contribution is -2.10. The second-order valence-corrected chi connectivity index (χ2v) is 6.38. The number of aromatic nitrogens is 1. The molecule has 0 unspecified atom stereocenters. The minimum Gasteiger partial charge on any atom is -0.508 e. The van der Waals surface area contributed by atoms with Crippen LogP contribution in [0.4, 0.5) is 0 Å². The van der Waals surface area contributed by atoms with Gasteiger partial charge in [-0.1, -0.05) is 24.2 Å². The zero-order valence-corrected chi connectivity index (χ0v) is 15.1. The maximum atomic E-state index is 12.3. The molecule has 2 aromatic carbocycles. The number of hydrogen-bond donors (Lipinski definition) is 1. The van der Waals surface area contributed by atoms with Gasteiger partial charge in [-0.2, -0.15) is 0 Å². The minimum atomic E-state index is -0.579. The lowest BCUT2D eigenvalue weighted by molar-refractivity contribution is -0.144. The summed E-state index contributed by atoms with van der Waals surface area (Å²) in [5.74, 6) is -0.430. The van der Waals surface area contributed by atoms with E-state index in [9.17, 15) is 14.7 Å². The first-order valence-corrected chi connectivity index (χ1v) is 8.82. The summed E-state index contributed by atoms with van der Waals surface area (Å²) in [5, 5.41) is 15.3. The van der Waals surface area contributed by atoms with Crippen molar-refractivity contribution in [2.45, 2.75) is 26.4 Å². The van der Waals surface area contributed by atoms with E-state index in [2.05, 4.69) is 5.16 Å². The number of aryl methyl sites for hydroxylation is 1. The molecule has 0 spiro atoms. The molecule has 7 nitrogen and oxygen atoms in total. The highest BCUT2D eigenvalue weighted by Gasteiger charge is 2.15. The second-order valence-electron chi connectivity index (χ2n) is 6.38. The van der Waals surface area contributed by atoms with Gasteiger partial charge in [0.2, 0.25) is 0 Å². The quantitative estimate of drug-likeness (QED) is 0.418. The SMILES string of the molecule is CCc1cc2c(COC(=O)Cc3noc4ccccc34)cc(=O)oc2cc1O. The van der Waals surface area contributed by atoms with Crippen LogP contribution in [0.5, 0.6) is 5.75 Å². The van der Waals surface area contributed by atoms with Crippen molar-refractivity contribution in [2.24, 2.45) is 0 Å². The number of esters is 1. The molecule has 2 heterocycles. The van der Waals surface area contributed by atoms with E-state index in [0.717, 1.165) is 5.39 Å². The van der Waals surface area contributed by atoms with E-state index >= 15 is 0 Å². The number of nitrogens with zero attached hydrogens (tertiary/aromatic N) is 1. The molecule has 0 amide bonds. The summed E-state index contributed by atoms with van der Waals surface area (Å²) in [6.45, 7) is 1.81. The van der Waals surface area contributed by atoms with Crippen LogP contribution in [0.25, 0.3) is 21.9 Å². The van der Waals surface area contributed by atoms with Gasteiger partial charge in [-0.25, -0.2) is 4.79 Å². The molecule has 0 saturated heterocycles. The van der Waals surface area contributed by atoms with Crippen LogP contribution in [0.15, 0.2) is 56.2 Å². The Morgan fingerprint density at radius 2 is 1.93 bits per heavy atom. The number of aromatic hydroxyl groups is 1. The predicted molar refractivity (Wildman–Crippen MR) is 101 cm³/mol. The predicted octanol–water partition coefficient (Wildman–Crippen LogP) is 3.49. The van der Waals surface area contributed by atoms with Crippen molar-refractivity contribution in [3.05, 3.63) is 69.7 Å². The van der Waals surface area contributed by atoms with Gasteiger partial charge in [-0.3, -0.25) is 4.79 Å². The molecular formula is C21H17NO6. The fourth-order valence-corrected chi connectivity index (χ4v) is 3.12. The average molecular weight is 379 g/mol. The van der Waals surface area contributed by atoms with Gasteiger partial charge in [0.25, 0.3) is 0 Å². The van der Waals surface area contributed by atoms with Crippen LogP contribution in [0.1, 0.15) is 23.7 Å². The highest BCUT2D eigenvalue weighted by Crippen LogP contribution is 2.27. The molecule has 0 bridgehead atoms. The van der Waals surface area contributed by atoms with E-state index in [1.54, 1.807) is 12.1 Å². The van der Waals surface area contributed by atoms with Gasteiger partial charge >= 0.3 is 11.6 Å². The number of fused-ring (bicyclic) bond motifs is 2. The molecular weight excluding hydrogens is 362 g/mol. The van der Waals surface area contributed by atoms with Crippen molar-refractivity contribution in [2.75, 3.05) is 0 Å². The van der Waals surface area contributed by atoms with Crippen LogP contribution in [0, 0.1) is 0 Å². The summed E-state index contributed by atoms with van der Waals surface area (Å²) >= 11 is 0. The Kier molecular flexibility index (Phi) is 4.57. The molecule has 0 atom stereocenters. The van der Waals surface area contributed by atoms with Crippen molar-refractivity contribution < 1.29 is 23.6 Å². The Bertz CT molecular complexity index is 1240. The highest BCUT2D eigenvalue weighted by atomic mass is 16.5. The van der Waals surface area contributed by atoms with Crippen molar-refractivity contribution >= 4 is 27.9 Å². The van der Waals surface area contributed by atoms with Crippen LogP contribution in [0.2, 0.25) is 0 Å².